The lowest BCUT2D eigenvalue weighted by molar-refractivity contribution is -0.129. The van der Waals surface area contributed by atoms with E-state index in [4.69, 9.17) is 0 Å². The Kier molecular flexibility index (Phi) is 4.18. The van der Waals surface area contributed by atoms with Crippen molar-refractivity contribution in [3.63, 3.8) is 0 Å². The first kappa shape index (κ1) is 16.7. The number of rotatable bonds is 3. The molecule has 0 unspecified atom stereocenters. The fraction of sp³-hybridized carbons (Fsp3) is 0.400. The number of carbonyl (C=O) groups excluding carboxylic acids is 1. The van der Waals surface area contributed by atoms with Gasteiger partial charge in [-0.1, -0.05) is 24.3 Å². The van der Waals surface area contributed by atoms with Gasteiger partial charge in [-0.25, -0.2) is 9.50 Å². The molecule has 1 aliphatic heterocycles. The fourth-order valence-corrected chi connectivity index (χ4v) is 3.82. The summed E-state index contributed by atoms with van der Waals surface area (Å²) in [5.41, 5.74) is 4.52. The van der Waals surface area contributed by atoms with Crippen LogP contribution in [0, 0.1) is 20.8 Å². The number of hydrogen-bond donors (Lipinski definition) is 0. The van der Waals surface area contributed by atoms with Crippen LogP contribution in [0.2, 0.25) is 0 Å². The molecule has 1 aromatic carbocycles. The SMILES string of the molecule is Cc1cc(C)n2nc(CC(=O)N3CC[C@@H](c4ccccc4C)C3)nc2n1. The standard InChI is InChI=1S/C20H23N5O/c1-13-6-4-5-7-17(13)16-8-9-24(12-16)19(26)11-18-22-20-21-14(2)10-15(3)25(20)23-18/h4-7,10,16H,8-9,11-12H2,1-3H3/t16-/m1/s1. The highest BCUT2D eigenvalue weighted by Crippen LogP contribution is 2.29. The number of nitrogens with zero attached hydrogens (tertiary/aromatic N) is 5. The molecule has 0 aliphatic carbocycles. The van der Waals surface area contributed by atoms with E-state index >= 15 is 0 Å². The minimum Gasteiger partial charge on any atom is -0.342 e. The second kappa shape index (κ2) is 6.52. The summed E-state index contributed by atoms with van der Waals surface area (Å²) < 4.78 is 1.70. The maximum atomic E-state index is 12.7. The van der Waals surface area contributed by atoms with E-state index in [9.17, 15) is 4.79 Å². The summed E-state index contributed by atoms with van der Waals surface area (Å²) in [6.07, 6.45) is 1.23. The zero-order chi connectivity index (χ0) is 18.3. The van der Waals surface area contributed by atoms with Crippen molar-refractivity contribution in [1.82, 2.24) is 24.5 Å². The van der Waals surface area contributed by atoms with Crippen molar-refractivity contribution in [2.75, 3.05) is 13.1 Å². The molecule has 0 spiro atoms. The zero-order valence-corrected chi connectivity index (χ0v) is 15.4. The number of fused-ring (bicyclic) bond motifs is 1. The average molecular weight is 349 g/mol. The lowest BCUT2D eigenvalue weighted by Gasteiger charge is -2.17. The molecule has 134 valence electrons. The Balaban J connectivity index is 1.47. The molecular formula is C20H23N5O. The molecule has 0 N–H and O–H groups in total. The van der Waals surface area contributed by atoms with Crippen molar-refractivity contribution < 1.29 is 4.79 Å². The largest absolute Gasteiger partial charge is 0.342 e. The molecule has 0 radical (unpaired) electrons. The van der Waals surface area contributed by atoms with Gasteiger partial charge in [0, 0.05) is 30.4 Å². The van der Waals surface area contributed by atoms with Gasteiger partial charge in [0.15, 0.2) is 5.82 Å². The first-order valence-electron chi connectivity index (χ1n) is 9.04. The predicted octanol–water partition coefficient (Wildman–Crippen LogP) is 2.61. The minimum absolute atomic E-state index is 0.0892. The summed E-state index contributed by atoms with van der Waals surface area (Å²) in [5.74, 6) is 1.60. The van der Waals surface area contributed by atoms with Gasteiger partial charge in [-0.2, -0.15) is 4.98 Å². The predicted molar refractivity (Wildman–Crippen MR) is 99.1 cm³/mol. The summed E-state index contributed by atoms with van der Waals surface area (Å²) in [5, 5.41) is 4.45. The van der Waals surface area contributed by atoms with E-state index in [1.807, 2.05) is 24.8 Å². The van der Waals surface area contributed by atoms with Crippen LogP contribution in [0.1, 0.15) is 40.7 Å². The van der Waals surface area contributed by atoms with Crippen LogP contribution in [0.3, 0.4) is 0 Å². The van der Waals surface area contributed by atoms with Crippen molar-refractivity contribution in [3.05, 3.63) is 58.7 Å². The fourth-order valence-electron chi connectivity index (χ4n) is 3.82. The Morgan fingerprint density at radius 2 is 2.00 bits per heavy atom. The van der Waals surface area contributed by atoms with Crippen LogP contribution in [0.25, 0.3) is 5.78 Å². The van der Waals surface area contributed by atoms with Gasteiger partial charge in [0.1, 0.15) is 0 Å². The quantitative estimate of drug-likeness (QED) is 0.729. The Morgan fingerprint density at radius 1 is 1.19 bits per heavy atom. The lowest BCUT2D eigenvalue weighted by Crippen LogP contribution is -2.30. The number of hydrogen-bond acceptors (Lipinski definition) is 4. The molecule has 1 saturated heterocycles. The molecule has 1 atom stereocenters. The normalized spacial score (nSPS) is 17.2. The molecule has 3 aromatic rings. The molecule has 1 amide bonds. The Hall–Kier alpha value is -2.76. The monoisotopic (exact) mass is 349 g/mol. The van der Waals surface area contributed by atoms with Gasteiger partial charge in [0.25, 0.3) is 5.78 Å². The van der Waals surface area contributed by atoms with E-state index in [0.29, 0.717) is 17.5 Å². The second-order valence-corrected chi connectivity index (χ2v) is 7.14. The van der Waals surface area contributed by atoms with Crippen LogP contribution in [-0.2, 0) is 11.2 Å². The summed E-state index contributed by atoms with van der Waals surface area (Å²) in [4.78, 5) is 23.5. The topological polar surface area (TPSA) is 63.4 Å². The molecule has 1 fully saturated rings. The van der Waals surface area contributed by atoms with E-state index in [1.165, 1.54) is 11.1 Å². The van der Waals surface area contributed by atoms with E-state index in [1.54, 1.807) is 4.52 Å². The molecule has 0 bridgehead atoms. The van der Waals surface area contributed by atoms with E-state index in [2.05, 4.69) is 46.3 Å². The summed E-state index contributed by atoms with van der Waals surface area (Å²) in [6.45, 7) is 7.60. The van der Waals surface area contributed by atoms with Crippen LogP contribution in [0.5, 0.6) is 0 Å². The Labute approximate surface area is 152 Å². The first-order chi connectivity index (χ1) is 12.5. The number of likely N-dealkylation sites (tertiary alicyclic amines) is 1. The van der Waals surface area contributed by atoms with Gasteiger partial charge in [-0.05, 0) is 44.4 Å². The van der Waals surface area contributed by atoms with Crippen LogP contribution < -0.4 is 0 Å². The molecule has 6 nitrogen and oxygen atoms in total. The molecule has 6 heteroatoms. The molecule has 0 saturated carbocycles. The van der Waals surface area contributed by atoms with Gasteiger partial charge in [0.2, 0.25) is 5.91 Å². The minimum atomic E-state index is 0.0892. The second-order valence-electron chi connectivity index (χ2n) is 7.14. The van der Waals surface area contributed by atoms with Crippen molar-refractivity contribution in [1.29, 1.82) is 0 Å². The highest BCUT2D eigenvalue weighted by Gasteiger charge is 2.28. The van der Waals surface area contributed by atoms with Gasteiger partial charge in [0.05, 0.1) is 6.42 Å². The van der Waals surface area contributed by atoms with Crippen molar-refractivity contribution in [2.24, 2.45) is 0 Å². The number of aryl methyl sites for hydroxylation is 3. The van der Waals surface area contributed by atoms with Crippen LogP contribution in [0.4, 0.5) is 0 Å². The van der Waals surface area contributed by atoms with Crippen molar-refractivity contribution >= 4 is 11.7 Å². The highest BCUT2D eigenvalue weighted by molar-refractivity contribution is 5.78. The zero-order valence-electron chi connectivity index (χ0n) is 15.4. The Morgan fingerprint density at radius 3 is 2.81 bits per heavy atom. The average Bonchev–Trinajstić information content (AvgIpc) is 3.22. The molecule has 3 heterocycles. The van der Waals surface area contributed by atoms with E-state index < -0.39 is 0 Å². The number of benzene rings is 1. The third kappa shape index (κ3) is 3.07. The summed E-state index contributed by atoms with van der Waals surface area (Å²) in [6, 6.07) is 10.4. The molecule has 26 heavy (non-hydrogen) atoms. The van der Waals surface area contributed by atoms with Crippen LogP contribution in [0.15, 0.2) is 30.3 Å². The summed E-state index contributed by atoms with van der Waals surface area (Å²) in [7, 11) is 0. The van der Waals surface area contributed by atoms with Gasteiger partial charge >= 0.3 is 0 Å². The van der Waals surface area contributed by atoms with Gasteiger partial charge < -0.3 is 4.90 Å². The van der Waals surface area contributed by atoms with Crippen LogP contribution >= 0.6 is 0 Å². The van der Waals surface area contributed by atoms with Crippen molar-refractivity contribution in [2.45, 2.75) is 39.5 Å². The molecule has 4 rings (SSSR count). The first-order valence-corrected chi connectivity index (χ1v) is 9.04. The molecular weight excluding hydrogens is 326 g/mol. The maximum Gasteiger partial charge on any atom is 0.252 e. The van der Waals surface area contributed by atoms with E-state index in [-0.39, 0.29) is 12.3 Å². The Bertz CT molecular complexity index is 977. The van der Waals surface area contributed by atoms with Crippen molar-refractivity contribution in [3.8, 4) is 0 Å². The van der Waals surface area contributed by atoms with Gasteiger partial charge in [-0.15, -0.1) is 5.10 Å². The van der Waals surface area contributed by atoms with Crippen LogP contribution in [-0.4, -0.2) is 43.5 Å². The lowest BCUT2D eigenvalue weighted by atomic mass is 9.94. The molecule has 2 aromatic heterocycles. The highest BCUT2D eigenvalue weighted by atomic mass is 16.2. The third-order valence-electron chi connectivity index (χ3n) is 5.14. The molecule has 1 aliphatic rings. The third-order valence-corrected chi connectivity index (χ3v) is 5.14. The smallest absolute Gasteiger partial charge is 0.252 e. The van der Waals surface area contributed by atoms with E-state index in [0.717, 1.165) is 30.9 Å². The number of aromatic nitrogens is 4. The number of carbonyl (C=O) groups is 1. The summed E-state index contributed by atoms with van der Waals surface area (Å²) >= 11 is 0. The van der Waals surface area contributed by atoms with Gasteiger partial charge in [-0.3, -0.25) is 4.79 Å². The number of amides is 1. The maximum absolute atomic E-state index is 12.7.